The number of nitrogens with one attached hydrogen (secondary N) is 2. The smallest absolute Gasteiger partial charge is 0.191 e. The van der Waals surface area contributed by atoms with Crippen molar-refractivity contribution in [2.45, 2.75) is 65.6 Å². The molecular weight excluding hydrogens is 489 g/mol. The SMILES string of the molecule is CCNC(=NCc1ccccc1CN1CCCCC1)NCc1cc(C(C)C)no1.I. The van der Waals surface area contributed by atoms with Crippen LogP contribution in [0.25, 0.3) is 0 Å². The van der Waals surface area contributed by atoms with Crippen LogP contribution in [0.4, 0.5) is 0 Å². The third-order valence-electron chi connectivity index (χ3n) is 5.31. The van der Waals surface area contributed by atoms with Gasteiger partial charge >= 0.3 is 0 Å². The molecular formula is C23H36IN5O. The molecule has 1 fully saturated rings. The molecule has 2 aromatic rings. The molecule has 1 aliphatic heterocycles. The van der Waals surface area contributed by atoms with Crippen molar-refractivity contribution in [1.82, 2.24) is 20.7 Å². The molecule has 30 heavy (non-hydrogen) atoms. The third-order valence-corrected chi connectivity index (χ3v) is 5.31. The lowest BCUT2D eigenvalue weighted by molar-refractivity contribution is 0.220. The number of likely N-dealkylation sites (tertiary alicyclic amines) is 1. The highest BCUT2D eigenvalue weighted by atomic mass is 127. The molecule has 0 atom stereocenters. The summed E-state index contributed by atoms with van der Waals surface area (Å²) in [4.78, 5) is 7.37. The number of halogens is 1. The maximum Gasteiger partial charge on any atom is 0.191 e. The Morgan fingerprint density at radius 2 is 1.87 bits per heavy atom. The first-order valence-corrected chi connectivity index (χ1v) is 10.9. The molecule has 7 heteroatoms. The average Bonchev–Trinajstić information content (AvgIpc) is 3.21. The van der Waals surface area contributed by atoms with Crippen LogP contribution < -0.4 is 10.6 Å². The molecule has 0 saturated carbocycles. The van der Waals surface area contributed by atoms with Crippen LogP contribution in [0.3, 0.4) is 0 Å². The molecule has 0 spiro atoms. The summed E-state index contributed by atoms with van der Waals surface area (Å²) in [5, 5.41) is 10.8. The molecule has 0 amide bonds. The van der Waals surface area contributed by atoms with Crippen LogP contribution in [0.2, 0.25) is 0 Å². The number of rotatable bonds is 8. The second-order valence-corrected chi connectivity index (χ2v) is 8.03. The van der Waals surface area contributed by atoms with Crippen LogP contribution >= 0.6 is 24.0 Å². The zero-order valence-corrected chi connectivity index (χ0v) is 20.8. The van der Waals surface area contributed by atoms with Gasteiger partial charge in [0.25, 0.3) is 0 Å². The van der Waals surface area contributed by atoms with Crippen molar-refractivity contribution in [2.75, 3.05) is 19.6 Å². The molecule has 1 aliphatic rings. The average molecular weight is 525 g/mol. The van der Waals surface area contributed by atoms with Gasteiger partial charge in [-0.15, -0.1) is 24.0 Å². The lowest BCUT2D eigenvalue weighted by atomic mass is 10.1. The van der Waals surface area contributed by atoms with Crippen molar-refractivity contribution in [3.05, 3.63) is 52.9 Å². The zero-order chi connectivity index (χ0) is 20.5. The Labute approximate surface area is 197 Å². The zero-order valence-electron chi connectivity index (χ0n) is 18.5. The predicted octanol–water partition coefficient (Wildman–Crippen LogP) is 4.66. The summed E-state index contributed by atoms with van der Waals surface area (Å²) in [5.74, 6) is 1.98. The maximum atomic E-state index is 5.42. The van der Waals surface area contributed by atoms with Gasteiger partial charge in [-0.2, -0.15) is 0 Å². The lowest BCUT2D eigenvalue weighted by Crippen LogP contribution is -2.36. The van der Waals surface area contributed by atoms with Gasteiger partial charge in [-0.3, -0.25) is 4.90 Å². The first-order valence-electron chi connectivity index (χ1n) is 10.9. The van der Waals surface area contributed by atoms with Gasteiger partial charge in [-0.25, -0.2) is 4.99 Å². The van der Waals surface area contributed by atoms with Crippen LogP contribution in [-0.4, -0.2) is 35.7 Å². The topological polar surface area (TPSA) is 65.7 Å². The van der Waals surface area contributed by atoms with Gasteiger partial charge in [-0.1, -0.05) is 49.7 Å². The molecule has 1 aromatic heterocycles. The number of aromatic nitrogens is 1. The monoisotopic (exact) mass is 525 g/mol. The van der Waals surface area contributed by atoms with Crippen molar-refractivity contribution < 1.29 is 4.52 Å². The molecule has 1 saturated heterocycles. The largest absolute Gasteiger partial charge is 0.359 e. The second kappa shape index (κ2) is 12.9. The van der Waals surface area contributed by atoms with Crippen LogP contribution in [0.5, 0.6) is 0 Å². The lowest BCUT2D eigenvalue weighted by Gasteiger charge is -2.27. The van der Waals surface area contributed by atoms with Crippen LogP contribution in [0.1, 0.15) is 68.5 Å². The Balaban J connectivity index is 0.00000320. The molecule has 0 aliphatic carbocycles. The van der Waals surface area contributed by atoms with Gasteiger partial charge in [0, 0.05) is 19.2 Å². The summed E-state index contributed by atoms with van der Waals surface area (Å²) in [6.07, 6.45) is 3.99. The summed E-state index contributed by atoms with van der Waals surface area (Å²) in [7, 11) is 0. The van der Waals surface area contributed by atoms with E-state index < -0.39 is 0 Å². The minimum atomic E-state index is 0. The standard InChI is InChI=1S/C23H35N5O.HI/c1-4-24-23(26-16-21-14-22(18(2)3)27-29-21)25-15-19-10-6-7-11-20(19)17-28-12-8-5-9-13-28;/h6-7,10-11,14,18H,4-5,8-9,12-13,15-17H2,1-3H3,(H2,24,25,26);1H. The molecule has 2 heterocycles. The molecule has 6 nitrogen and oxygen atoms in total. The van der Waals surface area contributed by atoms with Crippen molar-refractivity contribution in [2.24, 2.45) is 4.99 Å². The number of benzene rings is 1. The van der Waals surface area contributed by atoms with Gasteiger partial charge < -0.3 is 15.2 Å². The fraction of sp³-hybridized carbons (Fsp3) is 0.565. The van der Waals surface area contributed by atoms with E-state index in [4.69, 9.17) is 9.52 Å². The molecule has 166 valence electrons. The van der Waals surface area contributed by atoms with E-state index in [0.717, 1.165) is 30.5 Å². The van der Waals surface area contributed by atoms with E-state index in [-0.39, 0.29) is 24.0 Å². The third kappa shape index (κ3) is 7.58. The van der Waals surface area contributed by atoms with Gasteiger partial charge in [-0.05, 0) is 49.9 Å². The Morgan fingerprint density at radius 1 is 1.13 bits per heavy atom. The summed E-state index contributed by atoms with van der Waals surface area (Å²) in [5.41, 5.74) is 3.65. The maximum absolute atomic E-state index is 5.42. The Morgan fingerprint density at radius 3 is 2.53 bits per heavy atom. The van der Waals surface area contributed by atoms with Gasteiger partial charge in [0.2, 0.25) is 0 Å². The number of hydrogen-bond donors (Lipinski definition) is 2. The van der Waals surface area contributed by atoms with Crippen LogP contribution in [-0.2, 0) is 19.6 Å². The molecule has 3 rings (SSSR count). The number of aliphatic imine (C=N–C) groups is 1. The normalized spacial score (nSPS) is 15.1. The van der Waals surface area contributed by atoms with Crippen molar-refractivity contribution >= 4 is 29.9 Å². The van der Waals surface area contributed by atoms with Crippen LogP contribution in [0, 0.1) is 0 Å². The highest BCUT2D eigenvalue weighted by molar-refractivity contribution is 14.0. The number of nitrogens with zero attached hydrogens (tertiary/aromatic N) is 3. The van der Waals surface area contributed by atoms with Gasteiger partial charge in [0.05, 0.1) is 18.8 Å². The quantitative estimate of drug-likeness (QED) is 0.298. The van der Waals surface area contributed by atoms with Gasteiger partial charge in [0.15, 0.2) is 11.7 Å². The van der Waals surface area contributed by atoms with Gasteiger partial charge in [0.1, 0.15) is 0 Å². The van der Waals surface area contributed by atoms with E-state index in [0.29, 0.717) is 19.0 Å². The van der Waals surface area contributed by atoms with E-state index in [2.05, 4.69) is 65.7 Å². The molecule has 2 N–H and O–H groups in total. The Kier molecular flexibility index (Phi) is 10.6. The molecule has 1 aromatic carbocycles. The highest BCUT2D eigenvalue weighted by Crippen LogP contribution is 2.17. The fourth-order valence-corrected chi connectivity index (χ4v) is 3.59. The van der Waals surface area contributed by atoms with E-state index >= 15 is 0 Å². The van der Waals surface area contributed by atoms with E-state index in [1.54, 1.807) is 0 Å². The summed E-state index contributed by atoms with van der Waals surface area (Å²) >= 11 is 0. The number of guanidine groups is 1. The highest BCUT2D eigenvalue weighted by Gasteiger charge is 2.12. The first-order chi connectivity index (χ1) is 14.2. The minimum Gasteiger partial charge on any atom is -0.359 e. The van der Waals surface area contributed by atoms with Crippen molar-refractivity contribution in [3.63, 3.8) is 0 Å². The second-order valence-electron chi connectivity index (χ2n) is 8.03. The molecule has 0 bridgehead atoms. The van der Waals surface area contributed by atoms with E-state index in [1.807, 2.05) is 6.07 Å². The summed E-state index contributed by atoms with van der Waals surface area (Å²) in [6.45, 7) is 11.8. The predicted molar refractivity (Wildman–Crippen MR) is 133 cm³/mol. The Bertz CT molecular complexity index is 783. The van der Waals surface area contributed by atoms with Crippen molar-refractivity contribution in [1.29, 1.82) is 0 Å². The van der Waals surface area contributed by atoms with E-state index in [1.165, 1.54) is 43.5 Å². The fourth-order valence-electron chi connectivity index (χ4n) is 3.59. The van der Waals surface area contributed by atoms with Crippen LogP contribution in [0.15, 0.2) is 39.8 Å². The minimum absolute atomic E-state index is 0. The molecule has 0 unspecified atom stereocenters. The molecule has 0 radical (unpaired) electrons. The van der Waals surface area contributed by atoms with E-state index in [9.17, 15) is 0 Å². The number of hydrogen-bond acceptors (Lipinski definition) is 4. The van der Waals surface area contributed by atoms with Crippen molar-refractivity contribution in [3.8, 4) is 0 Å². The summed E-state index contributed by atoms with van der Waals surface area (Å²) < 4.78 is 5.42. The first kappa shape index (κ1) is 24.7. The summed E-state index contributed by atoms with van der Waals surface area (Å²) in [6, 6.07) is 10.7. The number of piperidine rings is 1. The Hall–Kier alpha value is -1.61.